The normalized spacial score (nSPS) is 17.0. The molecule has 0 radical (unpaired) electrons. The summed E-state index contributed by atoms with van der Waals surface area (Å²) in [6, 6.07) is 11.4. The van der Waals surface area contributed by atoms with E-state index in [2.05, 4.69) is 17.1 Å². The molecular weight excluding hydrogens is 414 g/mol. The predicted octanol–water partition coefficient (Wildman–Crippen LogP) is 6.01. The highest BCUT2D eigenvalue weighted by molar-refractivity contribution is 6.30. The van der Waals surface area contributed by atoms with Gasteiger partial charge in [-0.2, -0.15) is 4.98 Å². The first-order chi connectivity index (χ1) is 15.1. The van der Waals surface area contributed by atoms with Gasteiger partial charge in [-0.15, -0.1) is 0 Å². The molecule has 1 aromatic carbocycles. The highest BCUT2D eigenvalue weighted by Gasteiger charge is 2.28. The van der Waals surface area contributed by atoms with E-state index in [9.17, 15) is 4.79 Å². The third-order valence-electron chi connectivity index (χ3n) is 5.78. The van der Waals surface area contributed by atoms with Crippen LogP contribution in [0, 0.1) is 0 Å². The number of furan rings is 1. The molecule has 0 aliphatic carbocycles. The van der Waals surface area contributed by atoms with Crippen molar-refractivity contribution in [3.8, 4) is 11.4 Å². The van der Waals surface area contributed by atoms with Crippen molar-refractivity contribution in [2.45, 2.75) is 64.3 Å². The first kappa shape index (κ1) is 21.6. The van der Waals surface area contributed by atoms with Crippen LogP contribution in [0.5, 0.6) is 0 Å². The fraction of sp³-hybridized carbons (Fsp3) is 0.458. The molecule has 0 saturated carbocycles. The summed E-state index contributed by atoms with van der Waals surface area (Å²) < 4.78 is 11.4. The van der Waals surface area contributed by atoms with Crippen LogP contribution in [0.3, 0.4) is 0 Å². The van der Waals surface area contributed by atoms with Gasteiger partial charge >= 0.3 is 0 Å². The Bertz CT molecular complexity index is 996. The number of benzene rings is 1. The maximum Gasteiger partial charge on any atom is 0.226 e. The van der Waals surface area contributed by atoms with Crippen LogP contribution in [0.15, 0.2) is 45.3 Å². The Hall–Kier alpha value is -2.60. The van der Waals surface area contributed by atoms with Crippen molar-refractivity contribution in [3.63, 3.8) is 0 Å². The van der Waals surface area contributed by atoms with E-state index < -0.39 is 0 Å². The number of nitrogens with zero attached hydrogens (tertiary/aromatic N) is 3. The lowest BCUT2D eigenvalue weighted by molar-refractivity contribution is -0.134. The van der Waals surface area contributed by atoms with Crippen LogP contribution in [0.1, 0.15) is 68.9 Å². The van der Waals surface area contributed by atoms with Gasteiger partial charge in [0.1, 0.15) is 11.5 Å². The summed E-state index contributed by atoms with van der Waals surface area (Å²) in [5, 5.41) is 4.71. The van der Waals surface area contributed by atoms with E-state index in [1.807, 2.05) is 29.2 Å². The van der Waals surface area contributed by atoms with Crippen LogP contribution in [0.4, 0.5) is 0 Å². The van der Waals surface area contributed by atoms with Crippen molar-refractivity contribution in [3.05, 3.63) is 58.8 Å². The molecule has 7 heteroatoms. The van der Waals surface area contributed by atoms with Crippen molar-refractivity contribution < 1.29 is 13.7 Å². The van der Waals surface area contributed by atoms with Gasteiger partial charge in [-0.25, -0.2) is 0 Å². The largest absolute Gasteiger partial charge is 0.464 e. The molecule has 0 spiro atoms. The van der Waals surface area contributed by atoms with Crippen LogP contribution in [-0.2, 0) is 17.6 Å². The van der Waals surface area contributed by atoms with E-state index in [4.69, 9.17) is 20.5 Å². The van der Waals surface area contributed by atoms with Gasteiger partial charge in [0.15, 0.2) is 0 Å². The van der Waals surface area contributed by atoms with Gasteiger partial charge in [0.05, 0.1) is 6.04 Å². The fourth-order valence-corrected chi connectivity index (χ4v) is 4.20. The zero-order valence-electron chi connectivity index (χ0n) is 17.8. The molecule has 6 nitrogen and oxygen atoms in total. The maximum absolute atomic E-state index is 13.1. The number of carbonyl (C=O) groups is 1. The average molecular weight is 442 g/mol. The zero-order chi connectivity index (χ0) is 21.6. The van der Waals surface area contributed by atoms with Gasteiger partial charge in [-0.1, -0.05) is 36.5 Å². The highest BCUT2D eigenvalue weighted by atomic mass is 35.5. The summed E-state index contributed by atoms with van der Waals surface area (Å²) in [4.78, 5) is 19.5. The molecule has 164 valence electrons. The zero-order valence-corrected chi connectivity index (χ0v) is 18.6. The minimum Gasteiger partial charge on any atom is -0.464 e. The summed E-state index contributed by atoms with van der Waals surface area (Å²) in [7, 11) is 0. The molecule has 1 unspecified atom stereocenters. The van der Waals surface area contributed by atoms with Gasteiger partial charge in [-0.05, 0) is 55.7 Å². The lowest BCUT2D eigenvalue weighted by Gasteiger charge is -2.28. The third-order valence-corrected chi connectivity index (χ3v) is 6.04. The maximum atomic E-state index is 13.1. The molecule has 0 bridgehead atoms. The number of hydrogen-bond acceptors (Lipinski definition) is 5. The Balaban J connectivity index is 1.35. The molecule has 4 rings (SSSR count). The first-order valence-electron chi connectivity index (χ1n) is 11.1. The average Bonchev–Trinajstić information content (AvgIpc) is 3.38. The Labute approximate surface area is 187 Å². The third kappa shape index (κ3) is 5.37. The van der Waals surface area contributed by atoms with Crippen LogP contribution in [-0.4, -0.2) is 27.5 Å². The van der Waals surface area contributed by atoms with E-state index in [1.165, 1.54) is 0 Å². The predicted molar refractivity (Wildman–Crippen MR) is 119 cm³/mol. The summed E-state index contributed by atoms with van der Waals surface area (Å²) in [6.45, 7) is 2.86. The van der Waals surface area contributed by atoms with Crippen LogP contribution < -0.4 is 0 Å². The number of likely N-dealkylation sites (tertiary alicyclic amines) is 1. The Morgan fingerprint density at radius 1 is 1.16 bits per heavy atom. The minimum atomic E-state index is 0.0372. The quantitative estimate of drug-likeness (QED) is 0.448. The topological polar surface area (TPSA) is 72.4 Å². The van der Waals surface area contributed by atoms with Crippen molar-refractivity contribution in [2.75, 3.05) is 6.54 Å². The van der Waals surface area contributed by atoms with Gasteiger partial charge in [-0.3, -0.25) is 4.79 Å². The molecule has 1 atom stereocenters. The molecule has 1 aliphatic heterocycles. The molecule has 3 heterocycles. The van der Waals surface area contributed by atoms with Crippen molar-refractivity contribution in [1.29, 1.82) is 0 Å². The Kier molecular flexibility index (Phi) is 7.07. The van der Waals surface area contributed by atoms with E-state index in [0.717, 1.165) is 55.7 Å². The SMILES string of the molecule is CCc1ccc(C2CCCCCN2C(=O)CCCc2nc(-c3ccc(Cl)cc3)no2)o1. The number of carbonyl (C=O) groups excluding carboxylic acids is 1. The molecule has 2 aromatic heterocycles. The van der Waals surface area contributed by atoms with E-state index in [1.54, 1.807) is 12.1 Å². The summed E-state index contributed by atoms with van der Waals surface area (Å²) >= 11 is 5.93. The second-order valence-electron chi connectivity index (χ2n) is 7.98. The van der Waals surface area contributed by atoms with E-state index >= 15 is 0 Å². The van der Waals surface area contributed by atoms with E-state index in [0.29, 0.717) is 36.0 Å². The summed E-state index contributed by atoms with van der Waals surface area (Å²) in [5.41, 5.74) is 0.854. The van der Waals surface area contributed by atoms with E-state index in [-0.39, 0.29) is 11.9 Å². The number of aromatic nitrogens is 2. The number of amides is 1. The van der Waals surface area contributed by atoms with Crippen molar-refractivity contribution in [2.24, 2.45) is 0 Å². The van der Waals surface area contributed by atoms with Crippen molar-refractivity contribution >= 4 is 17.5 Å². The highest BCUT2D eigenvalue weighted by Crippen LogP contribution is 2.32. The molecular formula is C24H28ClN3O3. The monoisotopic (exact) mass is 441 g/mol. The lowest BCUT2D eigenvalue weighted by Crippen LogP contribution is -2.34. The number of rotatable bonds is 7. The lowest BCUT2D eigenvalue weighted by atomic mass is 10.1. The Morgan fingerprint density at radius 2 is 2.00 bits per heavy atom. The number of aryl methyl sites for hydroxylation is 2. The molecule has 31 heavy (non-hydrogen) atoms. The Morgan fingerprint density at radius 3 is 2.77 bits per heavy atom. The van der Waals surface area contributed by atoms with Gasteiger partial charge < -0.3 is 13.8 Å². The van der Waals surface area contributed by atoms with Gasteiger partial charge in [0.2, 0.25) is 17.6 Å². The minimum absolute atomic E-state index is 0.0372. The number of hydrogen-bond donors (Lipinski definition) is 0. The van der Waals surface area contributed by atoms with Crippen LogP contribution >= 0.6 is 11.6 Å². The van der Waals surface area contributed by atoms with Crippen LogP contribution in [0.2, 0.25) is 5.02 Å². The fourth-order valence-electron chi connectivity index (χ4n) is 4.07. The number of halogens is 1. The van der Waals surface area contributed by atoms with Crippen molar-refractivity contribution in [1.82, 2.24) is 15.0 Å². The van der Waals surface area contributed by atoms with Gasteiger partial charge in [0, 0.05) is 36.4 Å². The molecule has 1 saturated heterocycles. The molecule has 1 amide bonds. The molecule has 1 fully saturated rings. The van der Waals surface area contributed by atoms with Gasteiger partial charge in [0.25, 0.3) is 0 Å². The molecule has 3 aromatic rings. The molecule has 1 aliphatic rings. The summed E-state index contributed by atoms with van der Waals surface area (Å²) in [6.07, 6.45) is 6.82. The second-order valence-corrected chi connectivity index (χ2v) is 8.42. The smallest absolute Gasteiger partial charge is 0.226 e. The summed E-state index contributed by atoms with van der Waals surface area (Å²) in [5.74, 6) is 3.13. The first-order valence-corrected chi connectivity index (χ1v) is 11.5. The van der Waals surface area contributed by atoms with Crippen LogP contribution in [0.25, 0.3) is 11.4 Å². The standard InChI is InChI=1S/C24H28ClN3O3/c1-2-19-14-15-21(30-19)20-7-4-3-5-16-28(20)23(29)9-6-8-22-26-24(27-31-22)17-10-12-18(25)13-11-17/h10-15,20H,2-9,16H2,1H3. The second kappa shape index (κ2) is 10.1. The molecule has 0 N–H and O–H groups in total.